The second-order valence-electron chi connectivity index (χ2n) is 9.38. The number of carbonyl (C=O) groups is 2. The van der Waals surface area contributed by atoms with E-state index in [2.05, 4.69) is 44.2 Å². The third kappa shape index (κ3) is 6.15. The molecular weight excluding hydrogens is 434 g/mol. The maximum absolute atomic E-state index is 13.5. The molecule has 2 aromatic carbocycles. The second-order valence-corrected chi connectivity index (χ2v) is 9.38. The molecule has 0 atom stereocenters. The minimum absolute atomic E-state index is 0.0357. The first-order valence-electron chi connectivity index (χ1n) is 12.1. The molecule has 0 aliphatic carbocycles. The Bertz CT molecular complexity index is 1360. The monoisotopic (exact) mass is 465 g/mol. The summed E-state index contributed by atoms with van der Waals surface area (Å²) in [6.45, 7) is 4.44. The van der Waals surface area contributed by atoms with Crippen molar-refractivity contribution >= 4 is 29.4 Å². The first-order valence-corrected chi connectivity index (χ1v) is 12.1. The molecule has 35 heavy (non-hydrogen) atoms. The van der Waals surface area contributed by atoms with Crippen molar-refractivity contribution in [3.8, 4) is 0 Å². The predicted molar refractivity (Wildman–Crippen MR) is 142 cm³/mol. The van der Waals surface area contributed by atoms with Crippen LogP contribution in [0, 0.1) is 5.92 Å². The summed E-state index contributed by atoms with van der Waals surface area (Å²) in [5, 5.41) is 8.97. The molecule has 4 aromatic rings. The van der Waals surface area contributed by atoms with Gasteiger partial charge in [-0.25, -0.2) is 0 Å². The van der Waals surface area contributed by atoms with Gasteiger partial charge in [0.1, 0.15) is 0 Å². The van der Waals surface area contributed by atoms with E-state index in [0.29, 0.717) is 29.9 Å². The highest BCUT2D eigenvalue weighted by Crippen LogP contribution is 2.23. The van der Waals surface area contributed by atoms with Crippen molar-refractivity contribution in [2.24, 2.45) is 5.92 Å². The smallest absolute Gasteiger partial charge is 0.303 e. The maximum atomic E-state index is 13.5. The summed E-state index contributed by atoms with van der Waals surface area (Å²) in [5.74, 6) is -0.208. The van der Waals surface area contributed by atoms with Crippen molar-refractivity contribution in [1.29, 1.82) is 0 Å². The molecule has 4 heteroatoms. The quantitative estimate of drug-likeness (QED) is 0.204. The summed E-state index contributed by atoms with van der Waals surface area (Å²) >= 11 is 0. The molecule has 0 radical (unpaired) electrons. The van der Waals surface area contributed by atoms with E-state index in [1.54, 1.807) is 0 Å². The number of nitrogens with zero attached hydrogens (tertiary/aromatic N) is 1. The fourth-order valence-corrected chi connectivity index (χ4v) is 4.39. The van der Waals surface area contributed by atoms with E-state index in [0.717, 1.165) is 28.8 Å². The number of hydrogen-bond donors (Lipinski definition) is 1. The first kappa shape index (κ1) is 24.2. The summed E-state index contributed by atoms with van der Waals surface area (Å²) in [7, 11) is 0. The largest absolute Gasteiger partial charge is 0.481 e. The lowest BCUT2D eigenvalue weighted by molar-refractivity contribution is -0.137. The van der Waals surface area contributed by atoms with Gasteiger partial charge in [-0.2, -0.15) is 0 Å². The molecule has 0 amide bonds. The Balaban J connectivity index is 1.55. The third-order valence-corrected chi connectivity index (χ3v) is 6.07. The van der Waals surface area contributed by atoms with E-state index in [1.807, 2.05) is 65.2 Å². The van der Waals surface area contributed by atoms with Crippen molar-refractivity contribution in [3.63, 3.8) is 0 Å². The molecule has 0 aliphatic heterocycles. The summed E-state index contributed by atoms with van der Waals surface area (Å²) in [6, 6.07) is 23.9. The Morgan fingerprint density at radius 2 is 1.69 bits per heavy atom. The minimum atomic E-state index is -0.807. The highest BCUT2D eigenvalue weighted by Gasteiger charge is 2.17. The standard InChI is InChI=1S/C31H31NO3/c1-22(2)19-25-16-13-23(14-17-25)12-15-24-7-5-8-26(20-24)31(35)28-21-27(9-6-11-30(33)34)32-18-4-3-10-29(28)32/h3-5,7-8,10,12-18,20-22H,6,9,11,19H2,1-2H3,(H,33,34)/b15-12+. The van der Waals surface area contributed by atoms with Gasteiger partial charge in [0.05, 0.1) is 5.52 Å². The zero-order valence-electron chi connectivity index (χ0n) is 20.3. The molecule has 178 valence electrons. The van der Waals surface area contributed by atoms with Crippen LogP contribution in [0.25, 0.3) is 17.7 Å². The lowest BCUT2D eigenvalue weighted by Gasteiger charge is -2.05. The van der Waals surface area contributed by atoms with Crippen LogP contribution in [0.2, 0.25) is 0 Å². The predicted octanol–water partition coefficient (Wildman–Crippen LogP) is 6.95. The molecule has 2 heterocycles. The van der Waals surface area contributed by atoms with E-state index < -0.39 is 5.97 Å². The van der Waals surface area contributed by atoms with Gasteiger partial charge >= 0.3 is 5.97 Å². The van der Waals surface area contributed by atoms with E-state index >= 15 is 0 Å². The van der Waals surface area contributed by atoms with Gasteiger partial charge in [-0.3, -0.25) is 9.59 Å². The number of carboxylic acid groups (broad SMARTS) is 1. The molecule has 0 fully saturated rings. The maximum Gasteiger partial charge on any atom is 0.303 e. The van der Waals surface area contributed by atoms with Crippen LogP contribution in [0.3, 0.4) is 0 Å². The van der Waals surface area contributed by atoms with Gasteiger partial charge in [0.15, 0.2) is 5.78 Å². The lowest BCUT2D eigenvalue weighted by atomic mass is 10.00. The van der Waals surface area contributed by atoms with Crippen molar-refractivity contribution < 1.29 is 14.7 Å². The number of fused-ring (bicyclic) bond motifs is 1. The van der Waals surface area contributed by atoms with Gasteiger partial charge in [0, 0.05) is 29.4 Å². The zero-order chi connectivity index (χ0) is 24.8. The Morgan fingerprint density at radius 3 is 2.43 bits per heavy atom. The van der Waals surface area contributed by atoms with Gasteiger partial charge in [-0.05, 0) is 66.1 Å². The van der Waals surface area contributed by atoms with Gasteiger partial charge in [0.2, 0.25) is 0 Å². The number of benzene rings is 2. The van der Waals surface area contributed by atoms with Crippen LogP contribution in [-0.2, 0) is 17.6 Å². The average molecular weight is 466 g/mol. The topological polar surface area (TPSA) is 58.8 Å². The highest BCUT2D eigenvalue weighted by atomic mass is 16.4. The number of carbonyl (C=O) groups excluding carboxylic acids is 1. The van der Waals surface area contributed by atoms with Crippen LogP contribution in [-0.4, -0.2) is 21.3 Å². The van der Waals surface area contributed by atoms with Crippen molar-refractivity contribution in [1.82, 2.24) is 4.40 Å². The van der Waals surface area contributed by atoms with Crippen LogP contribution < -0.4 is 0 Å². The van der Waals surface area contributed by atoms with Crippen molar-refractivity contribution in [2.45, 2.75) is 39.5 Å². The van der Waals surface area contributed by atoms with Gasteiger partial charge in [0.25, 0.3) is 0 Å². The molecular formula is C31H31NO3. The molecule has 2 aromatic heterocycles. The van der Waals surface area contributed by atoms with E-state index in [9.17, 15) is 9.59 Å². The average Bonchev–Trinajstić information content (AvgIpc) is 3.21. The van der Waals surface area contributed by atoms with Crippen molar-refractivity contribution in [2.75, 3.05) is 0 Å². The molecule has 0 saturated carbocycles. The first-order chi connectivity index (χ1) is 16.9. The molecule has 4 rings (SSSR count). The Hall–Kier alpha value is -3.92. The normalized spacial score (nSPS) is 11.5. The molecule has 1 N–H and O–H groups in total. The van der Waals surface area contributed by atoms with Gasteiger partial charge < -0.3 is 9.51 Å². The molecule has 0 bridgehead atoms. The molecule has 0 aliphatic rings. The summed E-state index contributed by atoms with van der Waals surface area (Å²) < 4.78 is 1.99. The summed E-state index contributed by atoms with van der Waals surface area (Å²) in [4.78, 5) is 24.4. The fourth-order valence-electron chi connectivity index (χ4n) is 4.39. The Labute approximate surface area is 206 Å². The number of aliphatic carboxylic acids is 1. The Morgan fingerprint density at radius 1 is 0.914 bits per heavy atom. The number of aryl methyl sites for hydroxylation is 1. The molecule has 0 spiro atoms. The van der Waals surface area contributed by atoms with Gasteiger partial charge in [-0.15, -0.1) is 0 Å². The Kier molecular flexibility index (Phi) is 7.61. The van der Waals surface area contributed by atoms with Crippen molar-refractivity contribution in [3.05, 3.63) is 113 Å². The lowest BCUT2D eigenvalue weighted by Crippen LogP contribution is -2.01. The minimum Gasteiger partial charge on any atom is -0.481 e. The second kappa shape index (κ2) is 11.0. The number of aromatic nitrogens is 1. The highest BCUT2D eigenvalue weighted by molar-refractivity contribution is 6.13. The summed E-state index contributed by atoms with van der Waals surface area (Å²) in [6.07, 6.45) is 8.34. The van der Waals surface area contributed by atoms with E-state index in [1.165, 1.54) is 5.56 Å². The number of ketones is 1. The van der Waals surface area contributed by atoms with Crippen LogP contribution in [0.15, 0.2) is 79.0 Å². The number of pyridine rings is 1. The zero-order valence-corrected chi connectivity index (χ0v) is 20.3. The number of rotatable bonds is 10. The molecule has 4 nitrogen and oxygen atoms in total. The molecule has 0 unspecified atom stereocenters. The van der Waals surface area contributed by atoms with E-state index in [4.69, 9.17) is 5.11 Å². The number of hydrogen-bond acceptors (Lipinski definition) is 2. The number of carboxylic acids is 1. The SMILES string of the molecule is CC(C)Cc1ccc(/C=C/c2cccc(C(=O)c3cc(CCCC(=O)O)n4ccccc34)c2)cc1. The van der Waals surface area contributed by atoms with Crippen LogP contribution in [0.1, 0.15) is 65.0 Å². The van der Waals surface area contributed by atoms with E-state index in [-0.39, 0.29) is 12.2 Å². The third-order valence-electron chi connectivity index (χ3n) is 6.07. The van der Waals surface area contributed by atoms with Crippen LogP contribution in [0.4, 0.5) is 0 Å². The fraction of sp³-hybridized carbons (Fsp3) is 0.226. The molecule has 0 saturated heterocycles. The van der Waals surface area contributed by atoms with Gasteiger partial charge in [-0.1, -0.05) is 74.5 Å². The summed E-state index contributed by atoms with van der Waals surface area (Å²) in [5.41, 5.74) is 6.48. The van der Waals surface area contributed by atoms with Crippen LogP contribution in [0.5, 0.6) is 0 Å². The van der Waals surface area contributed by atoms with Crippen LogP contribution >= 0.6 is 0 Å².